The molecule has 0 aromatic rings. The molecule has 1 atom stereocenters. The van der Waals surface area contributed by atoms with Gasteiger partial charge in [0.25, 0.3) is 0 Å². The molecule has 0 aliphatic carbocycles. The van der Waals surface area contributed by atoms with E-state index >= 15 is 0 Å². The maximum atomic E-state index is 9.67. The minimum atomic E-state index is -0.232. The predicted octanol–water partition coefficient (Wildman–Crippen LogP) is 5.54. The van der Waals surface area contributed by atoms with E-state index in [2.05, 4.69) is 25.2 Å². The average Bonchev–Trinajstić information content (AvgIpc) is 2.53. The van der Waals surface area contributed by atoms with Crippen molar-refractivity contribution in [1.29, 1.82) is 0 Å². The van der Waals surface area contributed by atoms with Crippen molar-refractivity contribution in [1.82, 2.24) is 0 Å². The van der Waals surface area contributed by atoms with Crippen LogP contribution in [0.3, 0.4) is 0 Å². The Bertz CT molecular complexity index is 258. The van der Waals surface area contributed by atoms with Crippen LogP contribution >= 0.6 is 0 Å². The topological polar surface area (TPSA) is 40.5 Å². The Balaban J connectivity index is 3.21. The number of hydrogen-bond acceptors (Lipinski definition) is 2. The lowest BCUT2D eigenvalue weighted by atomic mass is 10.1. The molecule has 0 aliphatic rings. The van der Waals surface area contributed by atoms with Gasteiger partial charge in [-0.2, -0.15) is 0 Å². The summed E-state index contributed by atoms with van der Waals surface area (Å²) < 4.78 is 0. The predicted molar refractivity (Wildman–Crippen MR) is 97.1 cm³/mol. The van der Waals surface area contributed by atoms with E-state index in [1.165, 1.54) is 38.5 Å². The van der Waals surface area contributed by atoms with Crippen molar-refractivity contribution in [2.24, 2.45) is 0 Å². The molecule has 0 amide bonds. The van der Waals surface area contributed by atoms with Gasteiger partial charge >= 0.3 is 0 Å². The van der Waals surface area contributed by atoms with Gasteiger partial charge in [-0.15, -0.1) is 0 Å². The summed E-state index contributed by atoms with van der Waals surface area (Å²) >= 11 is 0. The highest BCUT2D eigenvalue weighted by Gasteiger charge is 1.96. The fraction of sp³-hybridized carbons (Fsp3) is 0.800. The molecule has 0 radical (unpaired) electrons. The van der Waals surface area contributed by atoms with Crippen molar-refractivity contribution in [2.75, 3.05) is 6.61 Å². The van der Waals surface area contributed by atoms with Gasteiger partial charge in [0.2, 0.25) is 0 Å². The highest BCUT2D eigenvalue weighted by Crippen LogP contribution is 2.09. The number of unbranched alkanes of at least 4 members (excludes halogenated alkanes) is 9. The van der Waals surface area contributed by atoms with Gasteiger partial charge in [0.1, 0.15) is 0 Å². The molecular weight excluding hydrogens is 272 g/mol. The second-order valence-electron chi connectivity index (χ2n) is 6.17. The van der Waals surface area contributed by atoms with Crippen LogP contribution in [0.2, 0.25) is 0 Å². The van der Waals surface area contributed by atoms with E-state index in [0.717, 1.165) is 44.9 Å². The van der Waals surface area contributed by atoms with Crippen LogP contribution in [0.4, 0.5) is 0 Å². The lowest BCUT2D eigenvalue weighted by molar-refractivity contribution is 0.209. The van der Waals surface area contributed by atoms with E-state index in [0.29, 0.717) is 6.61 Å². The summed E-state index contributed by atoms with van der Waals surface area (Å²) in [6, 6.07) is 0. The Kier molecular flexibility index (Phi) is 17.9. The van der Waals surface area contributed by atoms with Crippen molar-refractivity contribution >= 4 is 0 Å². The molecule has 2 N–H and O–H groups in total. The first-order chi connectivity index (χ1) is 10.8. The van der Waals surface area contributed by atoms with Crippen LogP contribution < -0.4 is 0 Å². The Labute approximate surface area is 138 Å². The summed E-state index contributed by atoms with van der Waals surface area (Å²) in [6.45, 7) is 2.48. The first kappa shape index (κ1) is 21.4. The molecule has 0 aromatic carbocycles. The molecule has 0 aromatic heterocycles. The minimum Gasteiger partial charge on any atom is -0.396 e. The molecule has 0 heterocycles. The van der Waals surface area contributed by atoms with Crippen LogP contribution in [0.1, 0.15) is 90.4 Å². The van der Waals surface area contributed by atoms with E-state index in [1.807, 2.05) is 6.08 Å². The third-order valence-corrected chi connectivity index (χ3v) is 3.90. The third-order valence-electron chi connectivity index (χ3n) is 3.90. The van der Waals surface area contributed by atoms with Crippen molar-refractivity contribution in [3.05, 3.63) is 24.3 Å². The SMILES string of the molecule is CCCC[C@@H](O)C=CCCCCCCCC=CCCCCO. The van der Waals surface area contributed by atoms with Gasteiger partial charge < -0.3 is 10.2 Å². The van der Waals surface area contributed by atoms with Gasteiger partial charge in [0.15, 0.2) is 0 Å². The van der Waals surface area contributed by atoms with E-state index in [9.17, 15) is 5.11 Å². The zero-order valence-corrected chi connectivity index (χ0v) is 14.7. The molecule has 0 spiro atoms. The van der Waals surface area contributed by atoms with Crippen LogP contribution in [-0.4, -0.2) is 22.9 Å². The lowest BCUT2D eigenvalue weighted by Crippen LogP contribution is -2.00. The number of aliphatic hydroxyl groups is 2. The first-order valence-corrected chi connectivity index (χ1v) is 9.41. The highest BCUT2D eigenvalue weighted by atomic mass is 16.3. The molecular formula is C20H38O2. The molecule has 2 nitrogen and oxygen atoms in total. The zero-order chi connectivity index (χ0) is 16.3. The maximum absolute atomic E-state index is 9.67. The summed E-state index contributed by atoms with van der Waals surface area (Å²) in [5.41, 5.74) is 0. The molecule has 2 heteroatoms. The molecule has 0 fully saturated rings. The largest absolute Gasteiger partial charge is 0.396 e. The normalized spacial score (nSPS) is 13.4. The standard InChI is InChI=1S/C20H38O2/c1-2-3-17-20(22)18-15-13-11-9-7-5-4-6-8-10-12-14-16-19-21/h8,10,15,18,20-22H,2-7,9,11-14,16-17,19H2,1H3/t20-/m1/s1. The highest BCUT2D eigenvalue weighted by molar-refractivity contribution is 4.88. The average molecular weight is 311 g/mol. The van der Waals surface area contributed by atoms with E-state index in [4.69, 9.17) is 5.11 Å². The van der Waals surface area contributed by atoms with Crippen molar-refractivity contribution < 1.29 is 10.2 Å². The van der Waals surface area contributed by atoms with Gasteiger partial charge in [-0.1, -0.05) is 63.3 Å². The van der Waals surface area contributed by atoms with Crippen LogP contribution in [0, 0.1) is 0 Å². The summed E-state index contributed by atoms with van der Waals surface area (Å²) in [5, 5.41) is 18.3. The number of allylic oxidation sites excluding steroid dienone is 3. The molecule has 22 heavy (non-hydrogen) atoms. The molecule has 0 saturated carbocycles. The Hall–Kier alpha value is -0.600. The molecule has 0 rings (SSSR count). The number of rotatable bonds is 16. The first-order valence-electron chi connectivity index (χ1n) is 9.41. The Morgan fingerprint density at radius 3 is 1.86 bits per heavy atom. The van der Waals surface area contributed by atoms with Crippen LogP contribution in [0.5, 0.6) is 0 Å². The molecule has 0 saturated heterocycles. The summed E-state index contributed by atoms with van der Waals surface area (Å²) in [5.74, 6) is 0. The second-order valence-corrected chi connectivity index (χ2v) is 6.17. The van der Waals surface area contributed by atoms with Crippen molar-refractivity contribution in [3.8, 4) is 0 Å². The summed E-state index contributed by atoms with van der Waals surface area (Å²) in [6.07, 6.45) is 23.5. The van der Waals surface area contributed by atoms with Gasteiger partial charge in [0.05, 0.1) is 6.10 Å². The Morgan fingerprint density at radius 2 is 1.27 bits per heavy atom. The molecule has 0 bridgehead atoms. The van der Waals surface area contributed by atoms with Gasteiger partial charge in [-0.05, 0) is 51.4 Å². The summed E-state index contributed by atoms with van der Waals surface area (Å²) in [7, 11) is 0. The number of hydrogen-bond donors (Lipinski definition) is 2. The fourth-order valence-electron chi connectivity index (χ4n) is 2.43. The minimum absolute atomic E-state index is 0.232. The van der Waals surface area contributed by atoms with Crippen LogP contribution in [0.15, 0.2) is 24.3 Å². The smallest absolute Gasteiger partial charge is 0.0720 e. The van der Waals surface area contributed by atoms with E-state index < -0.39 is 0 Å². The monoisotopic (exact) mass is 310 g/mol. The maximum Gasteiger partial charge on any atom is 0.0720 e. The van der Waals surface area contributed by atoms with Gasteiger partial charge in [-0.25, -0.2) is 0 Å². The van der Waals surface area contributed by atoms with E-state index in [1.54, 1.807) is 0 Å². The van der Waals surface area contributed by atoms with Crippen molar-refractivity contribution in [3.63, 3.8) is 0 Å². The molecule has 130 valence electrons. The summed E-state index contributed by atoms with van der Waals surface area (Å²) in [4.78, 5) is 0. The van der Waals surface area contributed by atoms with Crippen molar-refractivity contribution in [2.45, 2.75) is 96.5 Å². The quantitative estimate of drug-likeness (QED) is 0.290. The van der Waals surface area contributed by atoms with Crippen LogP contribution in [0.25, 0.3) is 0 Å². The third kappa shape index (κ3) is 17.5. The molecule has 0 aliphatic heterocycles. The fourth-order valence-corrected chi connectivity index (χ4v) is 2.43. The zero-order valence-electron chi connectivity index (χ0n) is 14.7. The Morgan fingerprint density at radius 1 is 0.727 bits per heavy atom. The van der Waals surface area contributed by atoms with Gasteiger partial charge in [-0.3, -0.25) is 0 Å². The van der Waals surface area contributed by atoms with Gasteiger partial charge in [0, 0.05) is 6.61 Å². The lowest BCUT2D eigenvalue weighted by Gasteiger charge is -2.03. The molecule has 0 unspecified atom stereocenters. The van der Waals surface area contributed by atoms with E-state index in [-0.39, 0.29) is 6.10 Å². The van der Waals surface area contributed by atoms with Crippen LogP contribution in [-0.2, 0) is 0 Å². The number of aliphatic hydroxyl groups excluding tert-OH is 2. The second kappa shape index (κ2) is 18.4.